The summed E-state index contributed by atoms with van der Waals surface area (Å²) in [6, 6.07) is 11.4. The number of hydrogen-bond acceptors (Lipinski definition) is 6. The first kappa shape index (κ1) is 26.6. The highest BCUT2D eigenvalue weighted by Crippen LogP contribution is 2.34. The molecule has 41 heavy (non-hydrogen) atoms. The number of ether oxygens (including phenoxy) is 3. The highest BCUT2D eigenvalue weighted by molar-refractivity contribution is 6.30. The normalized spacial score (nSPS) is 23.6. The second-order valence-electron chi connectivity index (χ2n) is 11.0. The maximum absolute atomic E-state index is 14.2. The number of fused-ring (bicyclic) bond motifs is 1. The van der Waals surface area contributed by atoms with Crippen LogP contribution in [-0.2, 0) is 14.2 Å². The van der Waals surface area contributed by atoms with Crippen LogP contribution in [0.4, 0.5) is 0 Å². The van der Waals surface area contributed by atoms with E-state index in [1.807, 2.05) is 64.6 Å². The average Bonchev–Trinajstić information content (AvgIpc) is 3.67. The van der Waals surface area contributed by atoms with Crippen LogP contribution in [0.5, 0.6) is 0 Å². The maximum Gasteiger partial charge on any atom is 0.256 e. The molecule has 0 bridgehead atoms. The summed E-state index contributed by atoms with van der Waals surface area (Å²) >= 11 is 6.30. The molecule has 0 saturated carbocycles. The highest BCUT2D eigenvalue weighted by Gasteiger charge is 2.32. The second-order valence-corrected chi connectivity index (χ2v) is 11.4. The van der Waals surface area contributed by atoms with E-state index in [4.69, 9.17) is 30.8 Å². The lowest BCUT2D eigenvalue weighted by Crippen LogP contribution is -2.43. The van der Waals surface area contributed by atoms with Crippen LogP contribution in [0, 0.1) is 0 Å². The molecule has 7 rings (SSSR count). The van der Waals surface area contributed by atoms with Gasteiger partial charge in [0.2, 0.25) is 0 Å². The first-order valence-electron chi connectivity index (χ1n) is 14.6. The van der Waals surface area contributed by atoms with Gasteiger partial charge in [-0.25, -0.2) is 9.67 Å². The topological polar surface area (TPSA) is 83.6 Å². The molecule has 3 aromatic heterocycles. The van der Waals surface area contributed by atoms with Gasteiger partial charge in [-0.2, -0.15) is 5.10 Å². The van der Waals surface area contributed by atoms with E-state index in [2.05, 4.69) is 9.67 Å². The minimum Gasteiger partial charge on any atom is -0.377 e. The fraction of sp³-hybridized carbons (Fsp3) is 0.452. The minimum absolute atomic E-state index is 0.0362. The van der Waals surface area contributed by atoms with Crippen molar-refractivity contribution in [2.45, 2.75) is 57.0 Å². The Morgan fingerprint density at radius 1 is 0.951 bits per heavy atom. The van der Waals surface area contributed by atoms with Gasteiger partial charge in [-0.1, -0.05) is 23.7 Å². The van der Waals surface area contributed by atoms with Crippen LogP contribution in [-0.4, -0.2) is 63.1 Å². The Labute approximate surface area is 243 Å². The van der Waals surface area contributed by atoms with E-state index in [0.29, 0.717) is 37.0 Å². The lowest BCUT2D eigenvalue weighted by Gasteiger charge is -2.36. The lowest BCUT2D eigenvalue weighted by atomic mass is 10.0. The van der Waals surface area contributed by atoms with Crippen molar-refractivity contribution in [3.63, 3.8) is 0 Å². The SMILES string of the molecule is O=C(c1cn(C2CCCCO2)c2nc(-c3cnn(C4CCCCO4)c3)ccc12)N1CCOC[C@@H]1c1cccc(Cl)c1. The molecule has 3 aliphatic rings. The number of hydrogen-bond donors (Lipinski definition) is 0. The average molecular weight is 576 g/mol. The Hall–Kier alpha value is -3.24. The van der Waals surface area contributed by atoms with E-state index in [1.165, 1.54) is 0 Å². The van der Waals surface area contributed by atoms with Crippen LogP contribution >= 0.6 is 11.6 Å². The molecule has 0 radical (unpaired) electrons. The van der Waals surface area contributed by atoms with Crippen LogP contribution in [0.2, 0.25) is 5.02 Å². The number of rotatable bonds is 5. The molecule has 0 spiro atoms. The fourth-order valence-corrected chi connectivity index (χ4v) is 6.37. The Balaban J connectivity index is 1.26. The molecule has 4 aromatic rings. The van der Waals surface area contributed by atoms with Gasteiger partial charge in [0.05, 0.1) is 36.7 Å². The predicted octanol–water partition coefficient (Wildman–Crippen LogP) is 6.17. The molecule has 6 heterocycles. The van der Waals surface area contributed by atoms with E-state index < -0.39 is 0 Å². The van der Waals surface area contributed by atoms with Crippen molar-refractivity contribution in [3.05, 3.63) is 71.1 Å². The van der Waals surface area contributed by atoms with Gasteiger partial charge in [-0.3, -0.25) is 4.79 Å². The molecule has 0 aliphatic carbocycles. The van der Waals surface area contributed by atoms with Crippen LogP contribution in [0.15, 0.2) is 55.0 Å². The quantitative estimate of drug-likeness (QED) is 0.283. The number of pyridine rings is 1. The Bertz CT molecular complexity index is 1540. The molecule has 3 atom stereocenters. The first-order valence-corrected chi connectivity index (χ1v) is 15.0. The van der Waals surface area contributed by atoms with Gasteiger partial charge in [0, 0.05) is 48.1 Å². The molecule has 2 unspecified atom stereocenters. The number of carbonyl (C=O) groups excluding carboxylic acids is 1. The van der Waals surface area contributed by atoms with Crippen molar-refractivity contribution in [1.29, 1.82) is 0 Å². The Morgan fingerprint density at radius 3 is 2.56 bits per heavy atom. The molecule has 3 aliphatic heterocycles. The zero-order valence-electron chi connectivity index (χ0n) is 23.0. The summed E-state index contributed by atoms with van der Waals surface area (Å²) < 4.78 is 21.8. The van der Waals surface area contributed by atoms with Crippen molar-refractivity contribution < 1.29 is 19.0 Å². The molecule has 0 N–H and O–H groups in total. The molecular formula is C31H34ClN5O4. The van der Waals surface area contributed by atoms with Gasteiger partial charge in [0.1, 0.15) is 18.1 Å². The van der Waals surface area contributed by atoms with Crippen LogP contribution in [0.3, 0.4) is 0 Å². The van der Waals surface area contributed by atoms with Gasteiger partial charge in [-0.15, -0.1) is 0 Å². The number of benzene rings is 1. The van der Waals surface area contributed by atoms with Gasteiger partial charge < -0.3 is 23.7 Å². The lowest BCUT2D eigenvalue weighted by molar-refractivity contribution is -0.0394. The fourth-order valence-electron chi connectivity index (χ4n) is 6.17. The third-order valence-corrected chi connectivity index (χ3v) is 8.58. The van der Waals surface area contributed by atoms with E-state index >= 15 is 0 Å². The number of amides is 1. The van der Waals surface area contributed by atoms with Crippen molar-refractivity contribution in [1.82, 2.24) is 24.2 Å². The van der Waals surface area contributed by atoms with Crippen molar-refractivity contribution in [2.24, 2.45) is 0 Å². The van der Waals surface area contributed by atoms with Crippen LogP contribution in [0.25, 0.3) is 22.3 Å². The molecule has 214 valence electrons. The molecule has 3 saturated heterocycles. The van der Waals surface area contributed by atoms with Gasteiger partial charge in [0.15, 0.2) is 0 Å². The third-order valence-electron chi connectivity index (χ3n) is 8.35. The second kappa shape index (κ2) is 11.6. The minimum atomic E-state index is -0.223. The predicted molar refractivity (Wildman–Crippen MR) is 155 cm³/mol. The van der Waals surface area contributed by atoms with Crippen LogP contribution in [0.1, 0.15) is 72.9 Å². The molecule has 3 fully saturated rings. The summed E-state index contributed by atoms with van der Waals surface area (Å²) in [4.78, 5) is 21.2. The van der Waals surface area contributed by atoms with Gasteiger partial charge in [0.25, 0.3) is 5.91 Å². The van der Waals surface area contributed by atoms with E-state index in [9.17, 15) is 4.79 Å². The molecule has 9 nitrogen and oxygen atoms in total. The Morgan fingerprint density at radius 2 is 1.78 bits per heavy atom. The highest BCUT2D eigenvalue weighted by atomic mass is 35.5. The monoisotopic (exact) mass is 575 g/mol. The summed E-state index contributed by atoms with van der Waals surface area (Å²) in [5.74, 6) is -0.0466. The first-order chi connectivity index (χ1) is 20.2. The number of carbonyl (C=O) groups is 1. The zero-order valence-corrected chi connectivity index (χ0v) is 23.7. The van der Waals surface area contributed by atoms with E-state index in [-0.39, 0.29) is 24.4 Å². The van der Waals surface area contributed by atoms with Crippen molar-refractivity contribution >= 4 is 28.5 Å². The van der Waals surface area contributed by atoms with Gasteiger partial charge >= 0.3 is 0 Å². The summed E-state index contributed by atoms with van der Waals surface area (Å²) in [5.41, 5.74) is 4.04. The summed E-state index contributed by atoms with van der Waals surface area (Å²) in [5, 5.41) is 6.04. The number of morpholine rings is 1. The van der Waals surface area contributed by atoms with Gasteiger partial charge in [-0.05, 0) is 68.4 Å². The van der Waals surface area contributed by atoms with Crippen molar-refractivity contribution in [2.75, 3.05) is 33.0 Å². The number of aromatic nitrogens is 4. The summed E-state index contributed by atoms with van der Waals surface area (Å²) in [6.45, 7) is 2.87. The Kier molecular flexibility index (Phi) is 7.51. The summed E-state index contributed by atoms with van der Waals surface area (Å²) in [7, 11) is 0. The van der Waals surface area contributed by atoms with E-state index in [1.54, 1.807) is 0 Å². The third kappa shape index (κ3) is 5.28. The smallest absolute Gasteiger partial charge is 0.256 e. The number of nitrogens with zero attached hydrogens (tertiary/aromatic N) is 5. The van der Waals surface area contributed by atoms with Crippen LogP contribution < -0.4 is 0 Å². The van der Waals surface area contributed by atoms with E-state index in [0.717, 1.165) is 73.0 Å². The van der Waals surface area contributed by atoms with Crippen molar-refractivity contribution in [3.8, 4) is 11.3 Å². The standard InChI is InChI=1S/C31H34ClN5O4/c32-23-7-5-6-21(16-23)27-20-39-15-12-35(27)31(38)25-19-36(28-8-1-3-13-40-28)30-24(25)10-11-26(34-30)22-17-33-37(18-22)29-9-2-4-14-41-29/h5-7,10-11,16-19,27-29H,1-4,8-9,12-15,20H2/t27-,28?,29?/m1/s1. The molecule has 1 amide bonds. The summed E-state index contributed by atoms with van der Waals surface area (Å²) in [6.07, 6.45) is 11.7. The zero-order chi connectivity index (χ0) is 27.8. The maximum atomic E-state index is 14.2. The number of halogens is 1. The molecule has 1 aromatic carbocycles. The molecule has 10 heteroatoms. The molecular weight excluding hydrogens is 542 g/mol. The largest absolute Gasteiger partial charge is 0.377 e.